The van der Waals surface area contributed by atoms with Gasteiger partial charge in [-0.1, -0.05) is 12.1 Å². The highest BCUT2D eigenvalue weighted by atomic mass is 19.4. The van der Waals surface area contributed by atoms with Gasteiger partial charge in [-0.15, -0.1) is 0 Å². The monoisotopic (exact) mass is 636 g/mol. The molecule has 2 unspecified atom stereocenters. The van der Waals surface area contributed by atoms with E-state index in [9.17, 15) is 18.0 Å². The van der Waals surface area contributed by atoms with Crippen LogP contribution in [0, 0.1) is 0 Å². The summed E-state index contributed by atoms with van der Waals surface area (Å²) in [4.78, 5) is 26.2. The van der Waals surface area contributed by atoms with E-state index in [1.165, 1.54) is 12.1 Å². The van der Waals surface area contributed by atoms with E-state index in [4.69, 9.17) is 0 Å². The second kappa shape index (κ2) is 13.2. The normalized spacial score (nSPS) is 18.8. The quantitative estimate of drug-likeness (QED) is 0.220. The van der Waals surface area contributed by atoms with E-state index in [-0.39, 0.29) is 17.1 Å². The van der Waals surface area contributed by atoms with E-state index in [1.807, 2.05) is 25.2 Å². The largest absolute Gasteiger partial charge is 0.416 e. The molecule has 0 bridgehead atoms. The number of hydrogen-bond donors (Lipinski definition) is 4. The van der Waals surface area contributed by atoms with E-state index in [2.05, 4.69) is 46.1 Å². The molecule has 4 N–H and O–H groups in total. The van der Waals surface area contributed by atoms with Crippen LogP contribution in [0.2, 0.25) is 0 Å². The maximum absolute atomic E-state index is 14.1. The number of carbonyl (C=O) groups excluding carboxylic acids is 1. The van der Waals surface area contributed by atoms with Gasteiger partial charge in [0.15, 0.2) is 5.82 Å². The number of hydrogen-bond acceptors (Lipinski definition) is 8. The van der Waals surface area contributed by atoms with E-state index in [0.717, 1.165) is 67.2 Å². The van der Waals surface area contributed by atoms with E-state index < -0.39 is 23.8 Å². The SMILES string of the molecule is CC(c1ccc(NC(=O)Nc2cc(-c3ccc4nc(NC5CCCNC5)ncc4c3)n(C)n2)cc1C(F)(F)F)N1CCN(C)CC1. The predicted octanol–water partition coefficient (Wildman–Crippen LogP) is 5.17. The zero-order chi connectivity index (χ0) is 32.4. The molecule has 4 aromatic rings. The molecule has 2 atom stereocenters. The second-order valence-corrected chi connectivity index (χ2v) is 12.1. The van der Waals surface area contributed by atoms with Crippen molar-refractivity contribution in [3.05, 3.63) is 59.8 Å². The van der Waals surface area contributed by atoms with Crippen molar-refractivity contribution in [1.29, 1.82) is 0 Å². The molecule has 2 saturated heterocycles. The fraction of sp³-hybridized carbons (Fsp3) is 0.438. The van der Waals surface area contributed by atoms with Gasteiger partial charge in [0, 0.05) is 80.8 Å². The molecule has 244 valence electrons. The third-order valence-corrected chi connectivity index (χ3v) is 8.78. The summed E-state index contributed by atoms with van der Waals surface area (Å²) in [5.74, 6) is 0.844. The molecule has 4 heterocycles. The first-order valence-corrected chi connectivity index (χ1v) is 15.5. The Bertz CT molecular complexity index is 1690. The van der Waals surface area contributed by atoms with E-state index >= 15 is 0 Å². The Hall–Kier alpha value is -4.27. The van der Waals surface area contributed by atoms with Gasteiger partial charge >= 0.3 is 12.2 Å². The number of alkyl halides is 3. The van der Waals surface area contributed by atoms with Crippen molar-refractivity contribution >= 4 is 34.4 Å². The molecule has 0 radical (unpaired) electrons. The van der Waals surface area contributed by atoms with Crippen LogP contribution in [-0.2, 0) is 13.2 Å². The molecule has 0 aliphatic carbocycles. The summed E-state index contributed by atoms with van der Waals surface area (Å²) in [7, 11) is 3.75. The Balaban J connectivity index is 1.13. The second-order valence-electron chi connectivity index (χ2n) is 12.1. The summed E-state index contributed by atoms with van der Waals surface area (Å²) in [6.45, 7) is 6.68. The number of rotatable bonds is 7. The topological polar surface area (TPSA) is 115 Å². The number of aryl methyl sites for hydroxylation is 1. The number of amides is 2. The molecule has 2 aliphatic heterocycles. The van der Waals surface area contributed by atoms with Gasteiger partial charge in [-0.05, 0) is 63.2 Å². The van der Waals surface area contributed by atoms with Crippen LogP contribution < -0.4 is 21.3 Å². The van der Waals surface area contributed by atoms with Crippen LogP contribution in [0.1, 0.15) is 36.9 Å². The molecule has 2 aromatic heterocycles. The Kier molecular flexibility index (Phi) is 9.11. The van der Waals surface area contributed by atoms with Crippen molar-refractivity contribution in [2.45, 2.75) is 38.0 Å². The van der Waals surface area contributed by atoms with Crippen LogP contribution in [0.15, 0.2) is 48.7 Å². The molecule has 0 spiro atoms. The first kappa shape index (κ1) is 31.7. The van der Waals surface area contributed by atoms with Crippen LogP contribution in [-0.4, -0.2) is 87.9 Å². The molecule has 2 aliphatic rings. The number of piperazine rings is 1. The Morgan fingerprint density at radius 3 is 2.59 bits per heavy atom. The van der Waals surface area contributed by atoms with Crippen molar-refractivity contribution in [2.24, 2.45) is 7.05 Å². The molecule has 2 aromatic carbocycles. The highest BCUT2D eigenvalue weighted by Crippen LogP contribution is 2.38. The lowest BCUT2D eigenvalue weighted by Crippen LogP contribution is -2.45. The summed E-state index contributed by atoms with van der Waals surface area (Å²) in [6.07, 6.45) is -0.615. The summed E-state index contributed by atoms with van der Waals surface area (Å²) in [5.41, 5.74) is 1.84. The first-order chi connectivity index (χ1) is 22.0. The van der Waals surface area contributed by atoms with Gasteiger partial charge in [-0.25, -0.2) is 14.8 Å². The first-order valence-electron chi connectivity index (χ1n) is 15.5. The van der Waals surface area contributed by atoms with Crippen molar-refractivity contribution in [3.8, 4) is 11.3 Å². The number of piperidine rings is 1. The molecular formula is C32H39F3N10O. The number of carbonyl (C=O) groups is 1. The Morgan fingerprint density at radius 2 is 1.85 bits per heavy atom. The third-order valence-electron chi connectivity index (χ3n) is 8.78. The minimum Gasteiger partial charge on any atom is -0.350 e. The predicted molar refractivity (Wildman–Crippen MR) is 173 cm³/mol. The van der Waals surface area contributed by atoms with Crippen LogP contribution in [0.25, 0.3) is 22.2 Å². The molecular weight excluding hydrogens is 597 g/mol. The van der Waals surface area contributed by atoms with Crippen molar-refractivity contribution in [1.82, 2.24) is 34.9 Å². The number of anilines is 3. The number of benzene rings is 2. The molecule has 11 nitrogen and oxygen atoms in total. The van der Waals surface area contributed by atoms with Crippen LogP contribution in [0.4, 0.5) is 35.4 Å². The van der Waals surface area contributed by atoms with Crippen molar-refractivity contribution in [2.75, 3.05) is 62.3 Å². The summed E-state index contributed by atoms with van der Waals surface area (Å²) in [5, 5.41) is 17.2. The number of nitrogens with zero attached hydrogens (tertiary/aromatic N) is 6. The van der Waals surface area contributed by atoms with Crippen LogP contribution in [0.3, 0.4) is 0 Å². The van der Waals surface area contributed by atoms with E-state index in [0.29, 0.717) is 25.1 Å². The molecule has 2 amide bonds. The van der Waals surface area contributed by atoms with Crippen LogP contribution >= 0.6 is 0 Å². The zero-order valence-corrected chi connectivity index (χ0v) is 26.2. The maximum atomic E-state index is 14.1. The number of fused-ring (bicyclic) bond motifs is 1. The average molecular weight is 637 g/mol. The van der Waals surface area contributed by atoms with Gasteiger partial charge in [0.05, 0.1) is 16.8 Å². The lowest BCUT2D eigenvalue weighted by Gasteiger charge is -2.37. The number of likely N-dealkylation sites (N-methyl/N-ethyl adjacent to an activating group) is 1. The minimum absolute atomic E-state index is 0.0402. The molecule has 2 fully saturated rings. The molecule has 14 heteroatoms. The van der Waals surface area contributed by atoms with Gasteiger partial charge in [0.1, 0.15) is 0 Å². The van der Waals surface area contributed by atoms with Gasteiger partial charge < -0.3 is 20.9 Å². The lowest BCUT2D eigenvalue weighted by atomic mass is 9.98. The molecule has 0 saturated carbocycles. The smallest absolute Gasteiger partial charge is 0.350 e. The summed E-state index contributed by atoms with van der Waals surface area (Å²) in [6, 6.07) is 10.6. The fourth-order valence-electron chi connectivity index (χ4n) is 6.15. The minimum atomic E-state index is -4.57. The van der Waals surface area contributed by atoms with E-state index in [1.54, 1.807) is 30.9 Å². The van der Waals surface area contributed by atoms with Gasteiger partial charge in [0.25, 0.3) is 0 Å². The number of nitrogens with one attached hydrogen (secondary N) is 4. The van der Waals surface area contributed by atoms with Gasteiger partial charge in [-0.2, -0.15) is 18.3 Å². The molecule has 6 rings (SSSR count). The Morgan fingerprint density at radius 1 is 1.04 bits per heavy atom. The fourth-order valence-corrected chi connectivity index (χ4v) is 6.15. The Labute approximate surface area is 265 Å². The maximum Gasteiger partial charge on any atom is 0.416 e. The number of aromatic nitrogens is 4. The summed E-state index contributed by atoms with van der Waals surface area (Å²) >= 11 is 0. The van der Waals surface area contributed by atoms with Crippen molar-refractivity contribution in [3.63, 3.8) is 0 Å². The number of halogens is 3. The van der Waals surface area contributed by atoms with Gasteiger partial charge in [-0.3, -0.25) is 14.9 Å². The summed E-state index contributed by atoms with van der Waals surface area (Å²) < 4.78 is 44.1. The highest BCUT2D eigenvalue weighted by molar-refractivity contribution is 5.99. The highest BCUT2D eigenvalue weighted by Gasteiger charge is 2.36. The average Bonchev–Trinajstić information content (AvgIpc) is 3.40. The number of urea groups is 1. The standard InChI is InChI=1S/C32H39F3N10O/c1-20(45-13-11-43(2)12-14-45)25-8-7-23(16-26(25)32(33,34)35)39-31(46)41-29-17-28(44(3)42-29)21-6-9-27-22(15-21)18-37-30(40-27)38-24-5-4-10-36-19-24/h6-9,15-18,20,24,36H,4-5,10-14,19H2,1-3H3,(H,37,38,40)(H2,39,41,42,46). The lowest BCUT2D eigenvalue weighted by molar-refractivity contribution is -0.138. The zero-order valence-electron chi connectivity index (χ0n) is 26.2. The third kappa shape index (κ3) is 7.24. The van der Waals surface area contributed by atoms with Crippen LogP contribution in [0.5, 0.6) is 0 Å². The molecule has 46 heavy (non-hydrogen) atoms. The van der Waals surface area contributed by atoms with Gasteiger partial charge in [0.2, 0.25) is 5.95 Å². The van der Waals surface area contributed by atoms with Crippen molar-refractivity contribution < 1.29 is 18.0 Å².